The molecule has 1 saturated heterocycles. The number of piperidine rings is 1. The molecule has 0 aliphatic carbocycles. The van der Waals surface area contributed by atoms with Gasteiger partial charge in [0.25, 0.3) is 5.91 Å². The minimum atomic E-state index is -3.74. The molecule has 0 spiro atoms. The quantitative estimate of drug-likeness (QED) is 0.854. The molecule has 148 valence electrons. The Morgan fingerprint density at radius 2 is 1.75 bits per heavy atom. The molecule has 0 atom stereocenters. The number of rotatable bonds is 3. The van der Waals surface area contributed by atoms with Gasteiger partial charge in [-0.15, -0.1) is 0 Å². The molecule has 2 aromatic rings. The maximum atomic E-state index is 13.0. The minimum absolute atomic E-state index is 0.128. The average molecular weight is 401 g/mol. The lowest BCUT2D eigenvalue weighted by Gasteiger charge is -2.31. The first kappa shape index (κ1) is 18.8. The fourth-order valence-electron chi connectivity index (χ4n) is 3.56. The van der Waals surface area contributed by atoms with E-state index in [1.54, 1.807) is 24.3 Å². The topological polar surface area (TPSA) is 79.0 Å². The van der Waals surface area contributed by atoms with Crippen molar-refractivity contribution >= 4 is 27.3 Å². The highest BCUT2D eigenvalue weighted by molar-refractivity contribution is 7.89. The first-order valence-electron chi connectivity index (χ1n) is 9.31. The normalized spacial score (nSPS) is 16.7. The van der Waals surface area contributed by atoms with E-state index in [2.05, 4.69) is 10.2 Å². The maximum absolute atomic E-state index is 13.0. The van der Waals surface area contributed by atoms with Crippen molar-refractivity contribution in [2.45, 2.75) is 24.2 Å². The van der Waals surface area contributed by atoms with Crippen LogP contribution in [0.3, 0.4) is 0 Å². The number of carbonyl (C=O) groups excluding carboxylic acids is 1. The second-order valence-corrected chi connectivity index (χ2v) is 9.32. The molecule has 8 heteroatoms. The van der Waals surface area contributed by atoms with E-state index in [0.29, 0.717) is 22.9 Å². The minimum Gasteiger partial charge on any atom is -0.454 e. The van der Waals surface area contributed by atoms with E-state index in [0.717, 1.165) is 32.4 Å². The van der Waals surface area contributed by atoms with Gasteiger partial charge in [-0.2, -0.15) is 0 Å². The first-order valence-corrected chi connectivity index (χ1v) is 10.8. The van der Waals surface area contributed by atoms with E-state index in [-0.39, 0.29) is 16.4 Å². The van der Waals surface area contributed by atoms with Crippen LogP contribution in [-0.4, -0.2) is 45.8 Å². The lowest BCUT2D eigenvalue weighted by atomic mass is 10.1. The lowest BCUT2D eigenvalue weighted by Crippen LogP contribution is -2.32. The van der Waals surface area contributed by atoms with Crippen molar-refractivity contribution in [2.75, 3.05) is 37.4 Å². The number of fused-ring (bicyclic) bond motifs is 2. The van der Waals surface area contributed by atoms with E-state index in [1.165, 1.54) is 24.5 Å². The van der Waals surface area contributed by atoms with Crippen LogP contribution in [0.4, 0.5) is 11.4 Å². The monoisotopic (exact) mass is 401 g/mol. The predicted molar refractivity (Wildman–Crippen MR) is 108 cm³/mol. The Morgan fingerprint density at radius 3 is 2.46 bits per heavy atom. The molecule has 0 bridgehead atoms. The largest absolute Gasteiger partial charge is 0.454 e. The number of nitrogens with zero attached hydrogens (tertiary/aromatic N) is 2. The third-order valence-electron chi connectivity index (χ3n) is 5.12. The Hall–Kier alpha value is -2.58. The summed E-state index contributed by atoms with van der Waals surface area (Å²) in [7, 11) is -0.750. The van der Waals surface area contributed by atoms with E-state index >= 15 is 0 Å². The van der Waals surface area contributed by atoms with Gasteiger partial charge in [-0.05, 0) is 37.5 Å². The molecule has 1 amide bonds. The van der Waals surface area contributed by atoms with E-state index < -0.39 is 10.0 Å². The SMILES string of the molecule is CN(C)S(=O)(=O)c1cc2c(cc1N1CCCCC1)Oc1ccccc1NC2=O. The number of anilines is 2. The summed E-state index contributed by atoms with van der Waals surface area (Å²) in [5, 5.41) is 2.80. The van der Waals surface area contributed by atoms with Gasteiger partial charge in [-0.3, -0.25) is 4.79 Å². The van der Waals surface area contributed by atoms with Crippen molar-refractivity contribution in [1.82, 2.24) is 4.31 Å². The molecule has 0 saturated carbocycles. The highest BCUT2D eigenvalue weighted by Crippen LogP contribution is 2.41. The van der Waals surface area contributed by atoms with Crippen LogP contribution in [0.15, 0.2) is 41.3 Å². The number of benzene rings is 2. The van der Waals surface area contributed by atoms with Gasteiger partial charge >= 0.3 is 0 Å². The maximum Gasteiger partial charge on any atom is 0.259 e. The highest BCUT2D eigenvalue weighted by atomic mass is 32.2. The Balaban J connectivity index is 1.91. The van der Waals surface area contributed by atoms with Crippen LogP contribution in [0, 0.1) is 0 Å². The second kappa shape index (κ2) is 7.10. The number of sulfonamides is 1. The number of nitrogens with one attached hydrogen (secondary N) is 1. The fraction of sp³-hybridized carbons (Fsp3) is 0.350. The molecule has 7 nitrogen and oxygen atoms in total. The van der Waals surface area contributed by atoms with Crippen LogP contribution >= 0.6 is 0 Å². The summed E-state index contributed by atoms with van der Waals surface area (Å²) >= 11 is 0. The van der Waals surface area contributed by atoms with E-state index in [1.807, 2.05) is 6.07 Å². The van der Waals surface area contributed by atoms with Gasteiger partial charge in [0, 0.05) is 33.3 Å². The average Bonchev–Trinajstić information content (AvgIpc) is 2.83. The highest BCUT2D eigenvalue weighted by Gasteiger charge is 2.30. The fourth-order valence-corrected chi connectivity index (χ4v) is 4.68. The molecule has 0 radical (unpaired) electrons. The molecule has 28 heavy (non-hydrogen) atoms. The van der Waals surface area contributed by atoms with Gasteiger partial charge in [0.2, 0.25) is 10.0 Å². The number of para-hydroxylation sites is 2. The molecular formula is C20H23N3O4S. The van der Waals surface area contributed by atoms with Crippen LogP contribution in [0.25, 0.3) is 0 Å². The molecule has 2 aliphatic heterocycles. The van der Waals surface area contributed by atoms with Crippen LogP contribution < -0.4 is 15.0 Å². The summed E-state index contributed by atoms with van der Waals surface area (Å²) < 4.78 is 33.2. The Labute approximate surface area is 165 Å². The van der Waals surface area contributed by atoms with Crippen molar-refractivity contribution in [3.8, 4) is 11.5 Å². The number of ether oxygens (including phenoxy) is 1. The summed E-state index contributed by atoms with van der Waals surface area (Å²) in [6.45, 7) is 1.55. The van der Waals surface area contributed by atoms with Crippen molar-refractivity contribution in [3.63, 3.8) is 0 Å². The Bertz CT molecular complexity index is 1030. The zero-order chi connectivity index (χ0) is 19.9. The Morgan fingerprint density at radius 1 is 1.04 bits per heavy atom. The van der Waals surface area contributed by atoms with Crippen molar-refractivity contribution in [2.24, 2.45) is 0 Å². The molecule has 1 N–H and O–H groups in total. The van der Waals surface area contributed by atoms with Crippen LogP contribution in [-0.2, 0) is 10.0 Å². The predicted octanol–water partition coefficient (Wildman–Crippen LogP) is 3.29. The first-order chi connectivity index (χ1) is 13.4. The van der Waals surface area contributed by atoms with Crippen LogP contribution in [0.1, 0.15) is 29.6 Å². The smallest absolute Gasteiger partial charge is 0.259 e. The molecule has 2 aliphatic rings. The zero-order valence-electron chi connectivity index (χ0n) is 15.9. The Kier molecular flexibility index (Phi) is 4.76. The van der Waals surface area contributed by atoms with Crippen molar-refractivity contribution < 1.29 is 17.9 Å². The summed E-state index contributed by atoms with van der Waals surface area (Å²) in [4.78, 5) is 15.0. The van der Waals surface area contributed by atoms with Crippen molar-refractivity contribution in [3.05, 3.63) is 42.0 Å². The van der Waals surface area contributed by atoms with E-state index in [9.17, 15) is 13.2 Å². The third-order valence-corrected chi connectivity index (χ3v) is 6.96. The number of carbonyl (C=O) groups is 1. The standard InChI is InChI=1S/C20H23N3O4S/c1-22(2)28(25,26)19-12-14-18(13-16(19)23-10-6-3-7-11-23)27-17-9-5-4-8-15(17)21-20(14)24/h4-5,8-9,12-13H,3,6-7,10-11H2,1-2H3,(H,21,24). The molecule has 2 heterocycles. The van der Waals surface area contributed by atoms with Gasteiger partial charge in [-0.1, -0.05) is 12.1 Å². The second-order valence-electron chi connectivity index (χ2n) is 7.20. The van der Waals surface area contributed by atoms with Crippen LogP contribution in [0.2, 0.25) is 0 Å². The van der Waals surface area contributed by atoms with E-state index in [4.69, 9.17) is 4.74 Å². The number of hydrogen-bond acceptors (Lipinski definition) is 5. The molecule has 1 fully saturated rings. The van der Waals surface area contributed by atoms with Gasteiger partial charge in [0.05, 0.1) is 16.9 Å². The summed E-state index contributed by atoms with van der Waals surface area (Å²) in [6, 6.07) is 10.3. The summed E-state index contributed by atoms with van der Waals surface area (Å²) in [6.07, 6.45) is 3.13. The van der Waals surface area contributed by atoms with Crippen molar-refractivity contribution in [1.29, 1.82) is 0 Å². The zero-order valence-corrected chi connectivity index (χ0v) is 16.8. The number of amides is 1. The summed E-state index contributed by atoms with van der Waals surface area (Å²) in [5.74, 6) is 0.503. The van der Waals surface area contributed by atoms with Gasteiger partial charge in [0.1, 0.15) is 10.6 Å². The lowest BCUT2D eigenvalue weighted by molar-refractivity contribution is 0.102. The van der Waals surface area contributed by atoms with Gasteiger partial charge in [0.15, 0.2) is 5.75 Å². The number of hydrogen-bond donors (Lipinski definition) is 1. The van der Waals surface area contributed by atoms with Gasteiger partial charge in [-0.25, -0.2) is 12.7 Å². The molecule has 4 rings (SSSR count). The molecule has 0 aromatic heterocycles. The van der Waals surface area contributed by atoms with Crippen LogP contribution in [0.5, 0.6) is 11.5 Å². The van der Waals surface area contributed by atoms with Gasteiger partial charge < -0.3 is 15.0 Å². The molecular weight excluding hydrogens is 378 g/mol. The molecule has 2 aromatic carbocycles. The third kappa shape index (κ3) is 3.22. The molecule has 0 unspecified atom stereocenters. The summed E-state index contributed by atoms with van der Waals surface area (Å²) in [5.41, 5.74) is 1.34.